The van der Waals surface area contributed by atoms with E-state index in [9.17, 15) is 29.2 Å². The average Bonchev–Trinajstić information content (AvgIpc) is 3.61. The number of benzene rings is 2. The highest BCUT2D eigenvalue weighted by Gasteiger charge is 2.42. The van der Waals surface area contributed by atoms with Gasteiger partial charge in [0.25, 0.3) is 11.8 Å². The fourth-order valence-electron chi connectivity index (χ4n) is 5.71. The van der Waals surface area contributed by atoms with E-state index in [1.807, 2.05) is 39.8 Å². The molecule has 3 heterocycles. The van der Waals surface area contributed by atoms with Gasteiger partial charge in [0.2, 0.25) is 17.7 Å². The number of imide groups is 1. The van der Waals surface area contributed by atoms with Crippen LogP contribution in [0.3, 0.4) is 0 Å². The number of hydrogen-bond acceptors (Lipinski definition) is 8. The second-order valence-corrected chi connectivity index (χ2v) is 13.1. The van der Waals surface area contributed by atoms with Gasteiger partial charge < -0.3 is 15.1 Å². The van der Waals surface area contributed by atoms with Crippen molar-refractivity contribution in [1.29, 1.82) is 5.26 Å². The summed E-state index contributed by atoms with van der Waals surface area (Å²) in [6.45, 7) is 7.81. The highest BCUT2D eigenvalue weighted by atomic mass is 32.1. The first kappa shape index (κ1) is 32.5. The van der Waals surface area contributed by atoms with Crippen molar-refractivity contribution in [2.24, 2.45) is 0 Å². The molecule has 1 saturated heterocycles. The number of piperidine rings is 1. The van der Waals surface area contributed by atoms with Gasteiger partial charge in [-0.25, -0.2) is 0 Å². The van der Waals surface area contributed by atoms with Crippen LogP contribution in [-0.2, 0) is 27.3 Å². The van der Waals surface area contributed by atoms with Crippen LogP contribution in [0.4, 0.5) is 0 Å². The predicted molar refractivity (Wildman–Crippen MR) is 170 cm³/mol. The van der Waals surface area contributed by atoms with Gasteiger partial charge in [0.15, 0.2) is 0 Å². The predicted octanol–water partition coefficient (Wildman–Crippen LogP) is 3.82. The Bertz CT molecular complexity index is 1740. The van der Waals surface area contributed by atoms with Gasteiger partial charge in [0.05, 0.1) is 22.2 Å². The second kappa shape index (κ2) is 13.2. The maximum atomic E-state index is 14.7. The van der Waals surface area contributed by atoms with Gasteiger partial charge >= 0.3 is 0 Å². The zero-order valence-corrected chi connectivity index (χ0v) is 27.1. The highest BCUT2D eigenvalue weighted by molar-refractivity contribution is 7.06. The van der Waals surface area contributed by atoms with E-state index in [0.29, 0.717) is 34.4 Å². The summed E-state index contributed by atoms with van der Waals surface area (Å²) in [6, 6.07) is 14.0. The Morgan fingerprint density at radius 1 is 1.20 bits per heavy atom. The molecule has 0 aliphatic carbocycles. The van der Waals surface area contributed by atoms with Crippen LogP contribution < -0.4 is 10.6 Å². The van der Waals surface area contributed by atoms with Gasteiger partial charge in [-0.15, -0.1) is 0 Å². The van der Waals surface area contributed by atoms with Crippen molar-refractivity contribution in [3.8, 4) is 6.07 Å². The van der Waals surface area contributed by atoms with Gasteiger partial charge in [-0.3, -0.25) is 29.3 Å². The van der Waals surface area contributed by atoms with Crippen molar-refractivity contribution < 1.29 is 24.0 Å². The maximum Gasteiger partial charge on any atom is 0.255 e. The van der Waals surface area contributed by atoms with Crippen molar-refractivity contribution in [3.05, 3.63) is 86.9 Å². The summed E-state index contributed by atoms with van der Waals surface area (Å²) in [4.78, 5) is 70.3. The number of amides is 5. The molecule has 2 aromatic carbocycles. The van der Waals surface area contributed by atoms with Crippen LogP contribution in [-0.4, -0.2) is 61.8 Å². The van der Waals surface area contributed by atoms with Crippen LogP contribution in [0.2, 0.25) is 0 Å². The number of fused-ring (bicyclic) bond motifs is 1. The Morgan fingerprint density at radius 2 is 1.93 bits per heavy atom. The van der Waals surface area contributed by atoms with E-state index in [1.54, 1.807) is 36.4 Å². The van der Waals surface area contributed by atoms with Crippen molar-refractivity contribution >= 4 is 41.1 Å². The van der Waals surface area contributed by atoms with Crippen LogP contribution in [0.5, 0.6) is 0 Å². The molecule has 0 spiro atoms. The van der Waals surface area contributed by atoms with E-state index in [0.717, 1.165) is 22.8 Å². The van der Waals surface area contributed by atoms with Gasteiger partial charge in [-0.1, -0.05) is 25.1 Å². The van der Waals surface area contributed by atoms with Crippen LogP contribution in [0, 0.1) is 18.3 Å². The molecular weight excluding hydrogens is 604 g/mol. The molecule has 2 N–H and O–H groups in total. The first-order valence-electron chi connectivity index (χ1n) is 15.2. The minimum absolute atomic E-state index is 0.0191. The van der Waals surface area contributed by atoms with Crippen molar-refractivity contribution in [1.82, 2.24) is 24.8 Å². The number of carbonyl (C=O) groups is 5. The minimum atomic E-state index is -1.01. The Morgan fingerprint density at radius 3 is 2.57 bits per heavy atom. The normalized spacial score (nSPS) is 16.8. The molecule has 0 saturated carbocycles. The standard InChI is InChI=1S/C34H36N6O5S/c1-5-34(3,4)37-31(43)29(27-17-20(2)38-46-27)39(16-15-21-9-11-22(18-35)12-10-21)32(44)23-7-6-8-24-25(23)19-40(33(24)45)26-13-14-28(41)36-30(26)42/h6-12,17,26,29H,5,13-16,19H2,1-4H3,(H,37,43)(H,36,41,42). The lowest BCUT2D eigenvalue weighted by Crippen LogP contribution is -2.52. The highest BCUT2D eigenvalue weighted by Crippen LogP contribution is 2.34. The van der Waals surface area contributed by atoms with Crippen LogP contribution in [0.15, 0.2) is 48.5 Å². The molecule has 5 rings (SSSR count). The third-order valence-corrected chi connectivity index (χ3v) is 9.55. The summed E-state index contributed by atoms with van der Waals surface area (Å²) < 4.78 is 4.41. The molecule has 2 aliphatic heterocycles. The zero-order chi connectivity index (χ0) is 33.2. The summed E-state index contributed by atoms with van der Waals surface area (Å²) in [5, 5.41) is 14.6. The van der Waals surface area contributed by atoms with Crippen LogP contribution >= 0.6 is 11.5 Å². The van der Waals surface area contributed by atoms with E-state index in [1.165, 1.54) is 9.80 Å². The van der Waals surface area contributed by atoms with E-state index >= 15 is 0 Å². The molecule has 238 valence electrons. The van der Waals surface area contributed by atoms with E-state index in [-0.39, 0.29) is 49.2 Å². The minimum Gasteiger partial charge on any atom is -0.349 e. The Balaban J connectivity index is 1.54. The molecule has 3 aromatic rings. The summed E-state index contributed by atoms with van der Waals surface area (Å²) in [7, 11) is 0. The van der Waals surface area contributed by atoms with Gasteiger partial charge in [-0.2, -0.15) is 9.64 Å². The number of aryl methyl sites for hydroxylation is 1. The Labute approximate surface area is 271 Å². The molecule has 2 unspecified atom stereocenters. The average molecular weight is 641 g/mol. The maximum absolute atomic E-state index is 14.7. The largest absolute Gasteiger partial charge is 0.349 e. The second-order valence-electron chi connectivity index (χ2n) is 12.3. The van der Waals surface area contributed by atoms with Gasteiger partial charge in [0, 0.05) is 36.2 Å². The number of hydrogen-bond donors (Lipinski definition) is 2. The molecule has 2 atom stereocenters. The number of rotatable bonds is 10. The summed E-state index contributed by atoms with van der Waals surface area (Å²) >= 11 is 1.16. The number of carbonyl (C=O) groups excluding carboxylic acids is 5. The third-order valence-electron chi connectivity index (χ3n) is 8.62. The SMILES string of the molecule is CCC(C)(C)NC(=O)C(c1cc(C)ns1)N(CCc1ccc(C#N)cc1)C(=O)c1cccc2c1CN(C1CCC(=O)NC1=O)C2=O. The van der Waals surface area contributed by atoms with E-state index in [4.69, 9.17) is 0 Å². The Hall–Kier alpha value is -4.89. The lowest BCUT2D eigenvalue weighted by molar-refractivity contribution is -0.137. The molecule has 5 amide bonds. The molecule has 0 bridgehead atoms. The lowest BCUT2D eigenvalue weighted by atomic mass is 9.98. The van der Waals surface area contributed by atoms with Gasteiger partial charge in [-0.05, 0) is 93.0 Å². The summed E-state index contributed by atoms with van der Waals surface area (Å²) in [6.07, 6.45) is 1.37. The Kier molecular flexibility index (Phi) is 9.34. The van der Waals surface area contributed by atoms with Crippen molar-refractivity contribution in [3.63, 3.8) is 0 Å². The van der Waals surface area contributed by atoms with Crippen LogP contribution in [0.25, 0.3) is 0 Å². The molecular formula is C34H36N6O5S. The smallest absolute Gasteiger partial charge is 0.255 e. The summed E-state index contributed by atoms with van der Waals surface area (Å²) in [5.74, 6) is -2.10. The topological polar surface area (TPSA) is 153 Å². The molecule has 11 nitrogen and oxygen atoms in total. The number of nitriles is 1. The lowest BCUT2D eigenvalue weighted by Gasteiger charge is -2.34. The van der Waals surface area contributed by atoms with Crippen LogP contribution in [0.1, 0.15) is 94.1 Å². The number of aromatic nitrogens is 1. The van der Waals surface area contributed by atoms with E-state index < -0.39 is 29.4 Å². The quantitative estimate of drug-likeness (QED) is 0.320. The molecule has 1 fully saturated rings. The van der Waals surface area contributed by atoms with E-state index in [2.05, 4.69) is 21.1 Å². The monoisotopic (exact) mass is 640 g/mol. The van der Waals surface area contributed by atoms with Crippen molar-refractivity contribution in [2.75, 3.05) is 6.54 Å². The molecule has 0 radical (unpaired) electrons. The fraction of sp³-hybridized carbons (Fsp3) is 0.382. The first-order chi connectivity index (χ1) is 21.9. The zero-order valence-electron chi connectivity index (χ0n) is 26.3. The molecule has 1 aromatic heterocycles. The van der Waals surface area contributed by atoms with Gasteiger partial charge in [0.1, 0.15) is 12.1 Å². The first-order valence-corrected chi connectivity index (χ1v) is 16.0. The van der Waals surface area contributed by atoms with Crippen molar-refractivity contribution in [2.45, 2.75) is 77.5 Å². The summed E-state index contributed by atoms with van der Waals surface area (Å²) in [5.41, 5.74) is 2.61. The third kappa shape index (κ3) is 6.70. The fourth-order valence-corrected chi connectivity index (χ4v) is 6.57. The molecule has 2 aliphatic rings. The molecule has 12 heteroatoms. The number of nitrogens with one attached hydrogen (secondary N) is 2. The molecule has 46 heavy (non-hydrogen) atoms. The number of nitrogens with zero attached hydrogens (tertiary/aromatic N) is 4.